The zero-order valence-corrected chi connectivity index (χ0v) is 13.4. The Hall–Kier alpha value is -1.40. The summed E-state index contributed by atoms with van der Waals surface area (Å²) < 4.78 is 1.14. The number of benzene rings is 2. The summed E-state index contributed by atoms with van der Waals surface area (Å²) in [6.07, 6.45) is 0. The summed E-state index contributed by atoms with van der Waals surface area (Å²) in [6.45, 7) is 0.703. The van der Waals surface area contributed by atoms with Crippen LogP contribution in [0.1, 0.15) is 5.56 Å². The molecule has 0 atom stereocenters. The van der Waals surface area contributed by atoms with Crippen LogP contribution in [0.4, 0.5) is 5.82 Å². The number of aromatic nitrogens is 2. The van der Waals surface area contributed by atoms with E-state index in [9.17, 15) is 0 Å². The van der Waals surface area contributed by atoms with Crippen LogP contribution in [-0.4, -0.2) is 9.97 Å². The summed E-state index contributed by atoms with van der Waals surface area (Å²) in [5.41, 5.74) is 2.04. The van der Waals surface area contributed by atoms with Gasteiger partial charge in [0.25, 0.3) is 0 Å². The predicted octanol–water partition coefficient (Wildman–Crippen LogP) is 4.50. The van der Waals surface area contributed by atoms with Gasteiger partial charge in [0.2, 0.25) is 5.28 Å². The second-order valence-electron chi connectivity index (χ2n) is 4.34. The van der Waals surface area contributed by atoms with Crippen molar-refractivity contribution in [2.45, 2.75) is 6.54 Å². The topological polar surface area (TPSA) is 37.8 Å². The third-order valence-electron chi connectivity index (χ3n) is 2.93. The Morgan fingerprint density at radius 2 is 1.85 bits per heavy atom. The first-order valence-corrected chi connectivity index (χ1v) is 7.58. The molecule has 20 heavy (non-hydrogen) atoms. The highest BCUT2D eigenvalue weighted by Gasteiger charge is 2.07. The Balaban J connectivity index is 1.96. The van der Waals surface area contributed by atoms with Crippen molar-refractivity contribution in [3.63, 3.8) is 0 Å². The van der Waals surface area contributed by atoms with Crippen molar-refractivity contribution in [1.82, 2.24) is 9.97 Å². The van der Waals surface area contributed by atoms with Crippen molar-refractivity contribution in [3.05, 3.63) is 62.9 Å². The van der Waals surface area contributed by atoms with Crippen molar-refractivity contribution >= 4 is 50.9 Å². The summed E-state index contributed by atoms with van der Waals surface area (Å²) in [7, 11) is 0. The number of rotatable bonds is 3. The standard InChI is InChI=1S/C15H11ClIN3/c16-15-19-13-7-6-11(17)8-12(13)14(20-15)18-9-10-4-2-1-3-5-10/h1-8H,9H2,(H,18,19,20). The summed E-state index contributed by atoms with van der Waals surface area (Å²) in [5, 5.41) is 4.58. The molecule has 0 aliphatic heterocycles. The number of hydrogen-bond acceptors (Lipinski definition) is 3. The molecule has 1 N–H and O–H groups in total. The van der Waals surface area contributed by atoms with Gasteiger partial charge < -0.3 is 5.32 Å². The number of nitrogens with zero attached hydrogens (tertiary/aromatic N) is 2. The van der Waals surface area contributed by atoms with E-state index in [0.29, 0.717) is 6.54 Å². The summed E-state index contributed by atoms with van der Waals surface area (Å²) in [6, 6.07) is 16.2. The van der Waals surface area contributed by atoms with Crippen LogP contribution in [-0.2, 0) is 6.54 Å². The zero-order chi connectivity index (χ0) is 13.9. The molecule has 0 saturated carbocycles. The minimum atomic E-state index is 0.259. The second-order valence-corrected chi connectivity index (χ2v) is 5.93. The third-order valence-corrected chi connectivity index (χ3v) is 3.77. The van der Waals surface area contributed by atoms with Crippen LogP contribution in [0.5, 0.6) is 0 Å². The van der Waals surface area contributed by atoms with Crippen molar-refractivity contribution in [2.24, 2.45) is 0 Å². The predicted molar refractivity (Wildman–Crippen MR) is 91.0 cm³/mol. The average molecular weight is 396 g/mol. The second kappa shape index (κ2) is 5.93. The smallest absolute Gasteiger partial charge is 0.224 e. The molecule has 0 spiro atoms. The number of hydrogen-bond donors (Lipinski definition) is 1. The van der Waals surface area contributed by atoms with E-state index in [1.54, 1.807) is 0 Å². The van der Waals surface area contributed by atoms with Crippen molar-refractivity contribution in [2.75, 3.05) is 5.32 Å². The van der Waals surface area contributed by atoms with Crippen LogP contribution in [0.3, 0.4) is 0 Å². The lowest BCUT2D eigenvalue weighted by molar-refractivity contribution is 1.10. The Morgan fingerprint density at radius 1 is 1.05 bits per heavy atom. The zero-order valence-electron chi connectivity index (χ0n) is 10.5. The van der Waals surface area contributed by atoms with Gasteiger partial charge in [0.15, 0.2) is 0 Å². The van der Waals surface area contributed by atoms with Crippen LogP contribution in [0, 0.1) is 3.57 Å². The number of nitrogens with one attached hydrogen (secondary N) is 1. The fourth-order valence-corrected chi connectivity index (χ4v) is 2.66. The first-order chi connectivity index (χ1) is 9.72. The van der Waals surface area contributed by atoms with Crippen molar-refractivity contribution in [1.29, 1.82) is 0 Å². The van der Waals surface area contributed by atoms with Gasteiger partial charge >= 0.3 is 0 Å². The first-order valence-electron chi connectivity index (χ1n) is 6.13. The van der Waals surface area contributed by atoms with E-state index in [4.69, 9.17) is 11.6 Å². The molecule has 0 aliphatic carbocycles. The van der Waals surface area contributed by atoms with Crippen LogP contribution < -0.4 is 5.32 Å². The van der Waals surface area contributed by atoms with Crippen LogP contribution in [0.2, 0.25) is 5.28 Å². The van der Waals surface area contributed by atoms with Crippen LogP contribution >= 0.6 is 34.2 Å². The highest BCUT2D eigenvalue weighted by atomic mass is 127. The number of halogens is 2. The molecule has 1 aromatic heterocycles. The Kier molecular flexibility index (Phi) is 4.03. The molecule has 5 heteroatoms. The molecule has 3 nitrogen and oxygen atoms in total. The Morgan fingerprint density at radius 3 is 2.65 bits per heavy atom. The summed E-state index contributed by atoms with van der Waals surface area (Å²) in [4.78, 5) is 8.54. The van der Waals surface area contributed by atoms with Gasteiger partial charge in [-0.2, -0.15) is 0 Å². The fourth-order valence-electron chi connectivity index (χ4n) is 1.99. The molecule has 0 bridgehead atoms. The lowest BCUT2D eigenvalue weighted by atomic mass is 10.2. The van der Waals surface area contributed by atoms with Gasteiger partial charge in [-0.1, -0.05) is 30.3 Å². The Bertz CT molecular complexity index is 747. The molecule has 0 aliphatic rings. The maximum absolute atomic E-state index is 5.98. The minimum absolute atomic E-state index is 0.259. The lowest BCUT2D eigenvalue weighted by Crippen LogP contribution is -2.03. The molecule has 0 fully saturated rings. The SMILES string of the molecule is Clc1nc(NCc2ccccc2)c2cc(I)ccc2n1. The molecule has 1 heterocycles. The van der Waals surface area contributed by atoms with Crippen molar-refractivity contribution in [3.8, 4) is 0 Å². The fraction of sp³-hybridized carbons (Fsp3) is 0.0667. The van der Waals surface area contributed by atoms with E-state index < -0.39 is 0 Å². The lowest BCUT2D eigenvalue weighted by Gasteiger charge is -2.09. The normalized spacial score (nSPS) is 10.7. The first kappa shape index (κ1) is 13.6. The maximum Gasteiger partial charge on any atom is 0.224 e. The third kappa shape index (κ3) is 3.02. The molecular weight excluding hydrogens is 385 g/mol. The Labute approximate surface area is 135 Å². The largest absolute Gasteiger partial charge is 0.365 e. The van der Waals surface area contributed by atoms with E-state index in [2.05, 4.69) is 56.1 Å². The quantitative estimate of drug-likeness (QED) is 0.524. The molecule has 3 aromatic rings. The van der Waals surface area contributed by atoms with Crippen LogP contribution in [0.25, 0.3) is 10.9 Å². The molecule has 0 radical (unpaired) electrons. The van der Waals surface area contributed by atoms with E-state index in [1.807, 2.05) is 30.3 Å². The summed E-state index contributed by atoms with van der Waals surface area (Å²) >= 11 is 8.26. The van der Waals surface area contributed by atoms with Gasteiger partial charge in [-0.25, -0.2) is 9.97 Å². The molecule has 2 aromatic carbocycles. The molecule has 0 saturated heterocycles. The summed E-state index contributed by atoms with van der Waals surface area (Å²) in [5.74, 6) is 0.766. The van der Waals surface area contributed by atoms with E-state index in [1.165, 1.54) is 5.56 Å². The van der Waals surface area contributed by atoms with Gasteiger partial charge in [0.05, 0.1) is 5.52 Å². The monoisotopic (exact) mass is 395 g/mol. The molecule has 100 valence electrons. The van der Waals surface area contributed by atoms with E-state index >= 15 is 0 Å². The minimum Gasteiger partial charge on any atom is -0.365 e. The van der Waals surface area contributed by atoms with Gasteiger partial charge in [-0.05, 0) is 58.0 Å². The highest BCUT2D eigenvalue weighted by Crippen LogP contribution is 2.24. The van der Waals surface area contributed by atoms with Crippen LogP contribution in [0.15, 0.2) is 48.5 Å². The highest BCUT2D eigenvalue weighted by molar-refractivity contribution is 14.1. The molecular formula is C15H11ClIN3. The van der Waals surface area contributed by atoms with E-state index in [0.717, 1.165) is 20.3 Å². The van der Waals surface area contributed by atoms with Gasteiger partial charge in [0, 0.05) is 15.5 Å². The van der Waals surface area contributed by atoms with Gasteiger partial charge in [-0.15, -0.1) is 0 Å². The van der Waals surface area contributed by atoms with Crippen molar-refractivity contribution < 1.29 is 0 Å². The molecule has 0 amide bonds. The molecule has 3 rings (SSSR count). The molecule has 0 unspecified atom stereocenters. The van der Waals surface area contributed by atoms with Gasteiger partial charge in [-0.3, -0.25) is 0 Å². The number of anilines is 1. The average Bonchev–Trinajstić information content (AvgIpc) is 2.46. The van der Waals surface area contributed by atoms with Gasteiger partial charge in [0.1, 0.15) is 5.82 Å². The number of fused-ring (bicyclic) bond motifs is 1. The maximum atomic E-state index is 5.98. The van der Waals surface area contributed by atoms with E-state index in [-0.39, 0.29) is 5.28 Å².